The van der Waals surface area contributed by atoms with Crippen LogP contribution in [0.2, 0.25) is 0 Å². The van der Waals surface area contributed by atoms with Crippen LogP contribution in [-0.2, 0) is 21.1 Å². The average Bonchev–Trinajstić information content (AvgIpc) is 0. The van der Waals surface area contributed by atoms with Crippen LogP contribution in [0.25, 0.3) is 0 Å². The maximum Gasteiger partial charge on any atom is 0 e. The fourth-order valence-electron chi connectivity index (χ4n) is 0. The van der Waals surface area contributed by atoms with Crippen LogP contribution in [-0.4, -0.2) is 16.4 Å². The van der Waals surface area contributed by atoms with Crippen molar-refractivity contribution >= 4 is 0 Å². The van der Waals surface area contributed by atoms with Crippen molar-refractivity contribution in [2.24, 2.45) is 0 Å². The minimum Gasteiger partial charge on any atom is -0.412 e. The van der Waals surface area contributed by atoms with E-state index in [1.54, 1.807) is 0 Å². The molecule has 0 aromatic rings. The Bertz CT molecular complexity index is 6.85. The second-order valence-electron chi connectivity index (χ2n) is 0. The van der Waals surface area contributed by atoms with Gasteiger partial charge in [0.05, 0.1) is 0 Å². The molecule has 0 saturated heterocycles. The molecule has 0 amide bonds. The third-order valence-corrected chi connectivity index (χ3v) is 0. The molecule has 4 nitrogen and oxygen atoms in total. The second-order valence-corrected chi connectivity index (χ2v) is 0. The van der Waals surface area contributed by atoms with Crippen molar-refractivity contribution in [3.05, 3.63) is 0 Å². The number of rotatable bonds is 0. The SMILES string of the molecule is N.O.O.O.[Mo]. The molecule has 0 aromatic carbocycles. The van der Waals surface area contributed by atoms with Gasteiger partial charge in [-0.15, -0.1) is 0 Å². The van der Waals surface area contributed by atoms with Crippen LogP contribution in [0.15, 0.2) is 0 Å². The standard InChI is InChI=1S/Mo.H3N.3H2O/h;1H3;3*1H2. The average molecular weight is 167 g/mol. The van der Waals surface area contributed by atoms with E-state index in [1.807, 2.05) is 0 Å². The molecule has 0 rings (SSSR count). The molecule has 38 valence electrons. The first-order valence-corrected chi connectivity index (χ1v) is 0. The third-order valence-electron chi connectivity index (χ3n) is 0. The summed E-state index contributed by atoms with van der Waals surface area (Å²) in [4.78, 5) is 0. The fourth-order valence-corrected chi connectivity index (χ4v) is 0. The Hall–Kier alpha value is 0.528. The van der Waals surface area contributed by atoms with E-state index >= 15 is 0 Å². The molecule has 0 heterocycles. The summed E-state index contributed by atoms with van der Waals surface area (Å²) in [5.41, 5.74) is 0. The first kappa shape index (κ1) is 406. The molecule has 0 saturated carbocycles. The molecule has 0 aliphatic heterocycles. The molecular formula is H9MoNO3. The quantitative estimate of drug-likeness (QED) is 0.399. The van der Waals surface area contributed by atoms with E-state index in [2.05, 4.69) is 0 Å². The van der Waals surface area contributed by atoms with Crippen LogP contribution >= 0.6 is 0 Å². The van der Waals surface area contributed by atoms with Gasteiger partial charge in [-0.2, -0.15) is 0 Å². The molecule has 0 radical (unpaired) electrons. The minimum atomic E-state index is 0. The van der Waals surface area contributed by atoms with Crippen LogP contribution in [0.5, 0.6) is 0 Å². The summed E-state index contributed by atoms with van der Waals surface area (Å²) < 4.78 is 0. The van der Waals surface area contributed by atoms with E-state index in [9.17, 15) is 0 Å². The van der Waals surface area contributed by atoms with Gasteiger partial charge >= 0.3 is 0 Å². The molecule has 5 heteroatoms. The Labute approximate surface area is 44.3 Å². The Balaban J connectivity index is 0. The predicted octanol–water partition coefficient (Wildman–Crippen LogP) is -2.31. The predicted molar refractivity (Wildman–Crippen MR) is 15.9 cm³/mol. The van der Waals surface area contributed by atoms with Crippen molar-refractivity contribution < 1.29 is 37.5 Å². The van der Waals surface area contributed by atoms with E-state index in [4.69, 9.17) is 0 Å². The molecular weight excluding hydrogens is 158 g/mol. The van der Waals surface area contributed by atoms with E-state index in [1.165, 1.54) is 0 Å². The second kappa shape index (κ2) is 202. The van der Waals surface area contributed by atoms with Crippen molar-refractivity contribution in [1.29, 1.82) is 0 Å². The normalized spacial score (nSPS) is 0. The summed E-state index contributed by atoms with van der Waals surface area (Å²) in [7, 11) is 0. The van der Waals surface area contributed by atoms with Gasteiger partial charge in [0.2, 0.25) is 0 Å². The Morgan fingerprint density at radius 3 is 0.600 bits per heavy atom. The van der Waals surface area contributed by atoms with Crippen molar-refractivity contribution in [1.82, 2.24) is 6.15 Å². The Morgan fingerprint density at radius 1 is 0.600 bits per heavy atom. The van der Waals surface area contributed by atoms with Crippen molar-refractivity contribution in [3.63, 3.8) is 0 Å². The first-order valence-electron chi connectivity index (χ1n) is 0. The van der Waals surface area contributed by atoms with Crippen molar-refractivity contribution in [3.8, 4) is 0 Å². The molecule has 0 aliphatic carbocycles. The van der Waals surface area contributed by atoms with Crippen LogP contribution in [0, 0.1) is 0 Å². The van der Waals surface area contributed by atoms with Gasteiger partial charge in [0.15, 0.2) is 0 Å². The monoisotopic (exact) mass is 169 g/mol. The van der Waals surface area contributed by atoms with Crippen molar-refractivity contribution in [2.75, 3.05) is 0 Å². The topological polar surface area (TPSA) is 130 Å². The van der Waals surface area contributed by atoms with Gasteiger partial charge in [0, 0.05) is 21.1 Å². The van der Waals surface area contributed by atoms with E-state index in [0.717, 1.165) is 0 Å². The van der Waals surface area contributed by atoms with Gasteiger partial charge in [-0.05, 0) is 0 Å². The molecule has 0 aromatic heterocycles. The zero-order valence-corrected chi connectivity index (χ0v) is 4.62. The van der Waals surface area contributed by atoms with Gasteiger partial charge in [-0.3, -0.25) is 0 Å². The van der Waals surface area contributed by atoms with Crippen LogP contribution < -0.4 is 6.15 Å². The molecule has 9 N–H and O–H groups in total. The third kappa shape index (κ3) is 104. The molecule has 0 fully saturated rings. The summed E-state index contributed by atoms with van der Waals surface area (Å²) in [6.45, 7) is 0. The largest absolute Gasteiger partial charge is 0.412 e. The van der Waals surface area contributed by atoms with Gasteiger partial charge in [0.25, 0.3) is 0 Å². The maximum absolute atomic E-state index is 0. The number of hydrogen-bond donors (Lipinski definition) is 1. The summed E-state index contributed by atoms with van der Waals surface area (Å²) >= 11 is 0. The zero-order chi connectivity index (χ0) is 0. The van der Waals surface area contributed by atoms with Crippen molar-refractivity contribution in [2.45, 2.75) is 0 Å². The summed E-state index contributed by atoms with van der Waals surface area (Å²) in [6.07, 6.45) is 0. The molecule has 0 spiro atoms. The Morgan fingerprint density at radius 2 is 0.600 bits per heavy atom. The molecule has 0 atom stereocenters. The van der Waals surface area contributed by atoms with Gasteiger partial charge in [-0.1, -0.05) is 0 Å². The van der Waals surface area contributed by atoms with Gasteiger partial charge in [0.1, 0.15) is 0 Å². The minimum absolute atomic E-state index is 0. The molecule has 0 aliphatic rings. The summed E-state index contributed by atoms with van der Waals surface area (Å²) in [5, 5.41) is 0. The summed E-state index contributed by atoms with van der Waals surface area (Å²) in [5.74, 6) is 0. The summed E-state index contributed by atoms with van der Waals surface area (Å²) in [6, 6.07) is 0. The van der Waals surface area contributed by atoms with E-state index in [-0.39, 0.29) is 43.6 Å². The maximum atomic E-state index is 0. The van der Waals surface area contributed by atoms with Gasteiger partial charge < -0.3 is 22.6 Å². The van der Waals surface area contributed by atoms with E-state index in [0.29, 0.717) is 0 Å². The van der Waals surface area contributed by atoms with Crippen LogP contribution in [0.3, 0.4) is 0 Å². The zero-order valence-electron chi connectivity index (χ0n) is 2.62. The van der Waals surface area contributed by atoms with E-state index < -0.39 is 0 Å². The Kier molecular flexibility index (Phi) is 16400. The van der Waals surface area contributed by atoms with Gasteiger partial charge in [-0.25, -0.2) is 0 Å². The molecule has 0 unspecified atom stereocenters. The number of hydrogen-bond acceptors (Lipinski definition) is 1. The first-order chi connectivity index (χ1) is 0. The fraction of sp³-hybridized carbons (Fsp3) is 0. The molecule has 5 heavy (non-hydrogen) atoms. The van der Waals surface area contributed by atoms with Crippen LogP contribution in [0.1, 0.15) is 0 Å². The molecule has 0 bridgehead atoms. The van der Waals surface area contributed by atoms with Crippen LogP contribution in [0.4, 0.5) is 0 Å². The smallest absolute Gasteiger partial charge is 0 e.